The van der Waals surface area contributed by atoms with Crippen LogP contribution in [0.4, 0.5) is 0 Å². The number of benzene rings is 1. The van der Waals surface area contributed by atoms with Gasteiger partial charge in [0.1, 0.15) is 6.10 Å². The van der Waals surface area contributed by atoms with E-state index in [-0.39, 0.29) is 12.0 Å². The van der Waals surface area contributed by atoms with E-state index in [4.69, 9.17) is 9.15 Å². The van der Waals surface area contributed by atoms with Crippen LogP contribution in [-0.2, 0) is 4.74 Å². The van der Waals surface area contributed by atoms with Gasteiger partial charge < -0.3 is 14.1 Å². The van der Waals surface area contributed by atoms with Crippen molar-refractivity contribution < 1.29 is 13.9 Å². The molecule has 25 heavy (non-hydrogen) atoms. The van der Waals surface area contributed by atoms with Gasteiger partial charge in [-0.05, 0) is 43.6 Å². The maximum Gasteiger partial charge on any atom is 0.276 e. The standard InChI is InChI=1S/C20H24N2O3/c23-20(18-19(25-14-21-18)17-9-5-13-24-17)22-11-4-8-16(10-12-22)15-6-2-1-3-7-15/h1-3,6-7,14,16-17H,4-5,8-13H2/t16-,17+/m0/s1. The average molecular weight is 340 g/mol. The third kappa shape index (κ3) is 3.47. The molecule has 0 spiro atoms. The van der Waals surface area contributed by atoms with Gasteiger partial charge in [-0.2, -0.15) is 0 Å². The molecule has 2 aliphatic heterocycles. The Balaban J connectivity index is 1.46. The van der Waals surface area contributed by atoms with Gasteiger partial charge in [0.2, 0.25) is 0 Å². The summed E-state index contributed by atoms with van der Waals surface area (Å²) in [6.45, 7) is 2.26. The van der Waals surface area contributed by atoms with Gasteiger partial charge in [0.25, 0.3) is 5.91 Å². The monoisotopic (exact) mass is 340 g/mol. The molecule has 2 aromatic rings. The van der Waals surface area contributed by atoms with Crippen molar-refractivity contribution in [3.63, 3.8) is 0 Å². The van der Waals surface area contributed by atoms with Gasteiger partial charge in [0.05, 0.1) is 0 Å². The molecule has 1 aromatic heterocycles. The fourth-order valence-electron chi connectivity index (χ4n) is 3.94. The van der Waals surface area contributed by atoms with E-state index in [0.29, 0.717) is 17.4 Å². The molecule has 4 rings (SSSR count). The summed E-state index contributed by atoms with van der Waals surface area (Å²) in [5.41, 5.74) is 1.81. The fraction of sp³-hybridized carbons (Fsp3) is 0.500. The van der Waals surface area contributed by atoms with E-state index in [2.05, 4.69) is 29.2 Å². The summed E-state index contributed by atoms with van der Waals surface area (Å²) in [4.78, 5) is 19.1. The third-order valence-corrected chi connectivity index (χ3v) is 5.31. The molecule has 2 saturated heterocycles. The summed E-state index contributed by atoms with van der Waals surface area (Å²) < 4.78 is 11.2. The lowest BCUT2D eigenvalue weighted by Crippen LogP contribution is -2.33. The van der Waals surface area contributed by atoms with E-state index in [0.717, 1.165) is 51.8 Å². The van der Waals surface area contributed by atoms with Crippen molar-refractivity contribution >= 4 is 5.91 Å². The minimum absolute atomic E-state index is 0.0204. The highest BCUT2D eigenvalue weighted by atomic mass is 16.5. The van der Waals surface area contributed by atoms with Gasteiger partial charge in [-0.15, -0.1) is 0 Å². The van der Waals surface area contributed by atoms with Crippen molar-refractivity contribution in [2.75, 3.05) is 19.7 Å². The Kier molecular flexibility index (Phi) is 4.83. The van der Waals surface area contributed by atoms with E-state index < -0.39 is 0 Å². The van der Waals surface area contributed by atoms with Crippen molar-refractivity contribution in [3.05, 3.63) is 53.7 Å². The summed E-state index contributed by atoms with van der Waals surface area (Å²) in [5, 5.41) is 0. The Morgan fingerprint density at radius 1 is 1.08 bits per heavy atom. The van der Waals surface area contributed by atoms with Crippen molar-refractivity contribution in [1.82, 2.24) is 9.88 Å². The predicted octanol–water partition coefficient (Wildman–Crippen LogP) is 3.94. The van der Waals surface area contributed by atoms with Crippen LogP contribution in [0, 0.1) is 0 Å². The topological polar surface area (TPSA) is 55.6 Å². The molecule has 2 atom stereocenters. The summed E-state index contributed by atoms with van der Waals surface area (Å²) in [6.07, 6.45) is 6.26. The summed E-state index contributed by atoms with van der Waals surface area (Å²) in [7, 11) is 0. The first kappa shape index (κ1) is 16.3. The maximum absolute atomic E-state index is 13.0. The normalized spacial score (nSPS) is 24.2. The molecule has 1 amide bonds. The number of hydrogen-bond donors (Lipinski definition) is 0. The maximum atomic E-state index is 13.0. The lowest BCUT2D eigenvalue weighted by molar-refractivity contribution is 0.0719. The molecule has 0 N–H and O–H groups in total. The van der Waals surface area contributed by atoms with Gasteiger partial charge >= 0.3 is 0 Å². The third-order valence-electron chi connectivity index (χ3n) is 5.31. The smallest absolute Gasteiger partial charge is 0.276 e. The van der Waals surface area contributed by atoms with Crippen molar-refractivity contribution in [3.8, 4) is 0 Å². The lowest BCUT2D eigenvalue weighted by Gasteiger charge is -2.20. The number of nitrogens with zero attached hydrogens (tertiary/aromatic N) is 2. The lowest BCUT2D eigenvalue weighted by atomic mass is 9.92. The molecule has 0 saturated carbocycles. The second-order valence-corrected chi connectivity index (χ2v) is 6.90. The molecule has 0 aliphatic carbocycles. The average Bonchev–Trinajstić information content (AvgIpc) is 3.28. The number of aromatic nitrogens is 1. The molecule has 132 valence electrons. The second kappa shape index (κ2) is 7.40. The molecule has 2 fully saturated rings. The Labute approximate surface area is 148 Å². The van der Waals surface area contributed by atoms with E-state index in [1.54, 1.807) is 0 Å². The van der Waals surface area contributed by atoms with Crippen LogP contribution in [0.15, 0.2) is 41.1 Å². The Morgan fingerprint density at radius 2 is 1.96 bits per heavy atom. The van der Waals surface area contributed by atoms with Gasteiger partial charge in [-0.1, -0.05) is 30.3 Å². The Morgan fingerprint density at radius 3 is 2.76 bits per heavy atom. The van der Waals surface area contributed by atoms with Crippen LogP contribution < -0.4 is 0 Å². The highest BCUT2D eigenvalue weighted by Gasteiger charge is 2.31. The number of hydrogen-bond acceptors (Lipinski definition) is 4. The second-order valence-electron chi connectivity index (χ2n) is 6.90. The number of ether oxygens (including phenoxy) is 1. The highest BCUT2D eigenvalue weighted by Crippen LogP contribution is 2.32. The van der Waals surface area contributed by atoms with Crippen LogP contribution in [-0.4, -0.2) is 35.5 Å². The van der Waals surface area contributed by atoms with E-state index in [1.165, 1.54) is 12.0 Å². The first-order valence-electron chi connectivity index (χ1n) is 9.22. The molecule has 5 nitrogen and oxygen atoms in total. The van der Waals surface area contributed by atoms with Crippen LogP contribution >= 0.6 is 0 Å². The molecule has 2 aliphatic rings. The van der Waals surface area contributed by atoms with Crippen LogP contribution in [0.3, 0.4) is 0 Å². The summed E-state index contributed by atoms with van der Waals surface area (Å²) in [5.74, 6) is 1.10. The van der Waals surface area contributed by atoms with Crippen molar-refractivity contribution in [2.24, 2.45) is 0 Å². The van der Waals surface area contributed by atoms with E-state index in [1.807, 2.05) is 11.0 Å². The Hall–Kier alpha value is -2.14. The number of carbonyl (C=O) groups excluding carboxylic acids is 1. The molecule has 0 bridgehead atoms. The molecule has 1 aromatic carbocycles. The summed E-state index contributed by atoms with van der Waals surface area (Å²) in [6, 6.07) is 10.6. The number of carbonyl (C=O) groups is 1. The van der Waals surface area contributed by atoms with Crippen LogP contribution in [0.25, 0.3) is 0 Å². The molecule has 0 unspecified atom stereocenters. The number of amides is 1. The zero-order valence-electron chi connectivity index (χ0n) is 14.4. The largest absolute Gasteiger partial charge is 0.445 e. The Bertz CT molecular complexity index is 707. The van der Waals surface area contributed by atoms with Crippen molar-refractivity contribution in [1.29, 1.82) is 0 Å². The first-order valence-corrected chi connectivity index (χ1v) is 9.22. The molecule has 0 radical (unpaired) electrons. The van der Waals surface area contributed by atoms with Crippen LogP contribution in [0.2, 0.25) is 0 Å². The van der Waals surface area contributed by atoms with Gasteiger partial charge in [-0.3, -0.25) is 4.79 Å². The minimum Gasteiger partial charge on any atom is -0.445 e. The SMILES string of the molecule is O=C(c1ncoc1[C@H]1CCCO1)N1CCC[C@H](c2ccccc2)CC1. The molecule has 5 heteroatoms. The molecular weight excluding hydrogens is 316 g/mol. The number of rotatable bonds is 3. The summed E-state index contributed by atoms with van der Waals surface area (Å²) >= 11 is 0. The molecular formula is C20H24N2O3. The predicted molar refractivity (Wildman–Crippen MR) is 93.4 cm³/mol. The number of likely N-dealkylation sites (tertiary alicyclic amines) is 1. The van der Waals surface area contributed by atoms with E-state index >= 15 is 0 Å². The van der Waals surface area contributed by atoms with Gasteiger partial charge in [0, 0.05) is 19.7 Å². The van der Waals surface area contributed by atoms with Gasteiger partial charge in [-0.25, -0.2) is 4.98 Å². The van der Waals surface area contributed by atoms with Crippen LogP contribution in [0.5, 0.6) is 0 Å². The van der Waals surface area contributed by atoms with Crippen LogP contribution in [0.1, 0.15) is 65.9 Å². The van der Waals surface area contributed by atoms with E-state index in [9.17, 15) is 4.79 Å². The number of oxazole rings is 1. The quantitative estimate of drug-likeness (QED) is 0.849. The fourth-order valence-corrected chi connectivity index (χ4v) is 3.94. The molecule has 3 heterocycles. The minimum atomic E-state index is -0.120. The van der Waals surface area contributed by atoms with Gasteiger partial charge in [0.15, 0.2) is 17.8 Å². The zero-order chi connectivity index (χ0) is 17.1. The first-order chi connectivity index (χ1) is 12.3. The van der Waals surface area contributed by atoms with Crippen molar-refractivity contribution in [2.45, 2.75) is 44.1 Å². The highest BCUT2D eigenvalue weighted by molar-refractivity contribution is 5.93. The zero-order valence-corrected chi connectivity index (χ0v) is 14.4.